The molecule has 0 amide bonds. The first-order chi connectivity index (χ1) is 5.83. The molecule has 0 bridgehead atoms. The van der Waals surface area contributed by atoms with Crippen molar-refractivity contribution in [1.29, 1.82) is 0 Å². The second kappa shape index (κ2) is 2.81. The summed E-state index contributed by atoms with van der Waals surface area (Å²) in [5.74, 6) is 1.63. The lowest BCUT2D eigenvalue weighted by Gasteiger charge is -2.15. The van der Waals surface area contributed by atoms with Crippen LogP contribution in [0.15, 0.2) is 12.3 Å². The topological polar surface area (TPSA) is 43.8 Å². The van der Waals surface area contributed by atoms with Gasteiger partial charge in [0.25, 0.3) is 0 Å². The summed E-state index contributed by atoms with van der Waals surface area (Å²) in [6, 6.07) is 2.41. The monoisotopic (exact) mass is 165 g/mol. The molecule has 2 N–H and O–H groups in total. The lowest BCUT2D eigenvalue weighted by atomic mass is 10.1. The molecular weight excluding hydrogens is 150 g/mol. The Labute approximate surface area is 72.6 Å². The predicted octanol–water partition coefficient (Wildman–Crippen LogP) is 1.83. The zero-order valence-corrected chi connectivity index (χ0v) is 7.40. The first-order valence-corrected chi connectivity index (χ1v) is 4.62. The average molecular weight is 165 g/mol. The van der Waals surface area contributed by atoms with Gasteiger partial charge in [-0.25, -0.2) is 4.68 Å². The molecule has 1 saturated carbocycles. The molecule has 3 nitrogen and oxygen atoms in total. The van der Waals surface area contributed by atoms with Gasteiger partial charge in [0.15, 0.2) is 0 Å². The Kier molecular flexibility index (Phi) is 1.79. The largest absolute Gasteiger partial charge is 0.384 e. The van der Waals surface area contributed by atoms with E-state index in [2.05, 4.69) is 12.0 Å². The van der Waals surface area contributed by atoms with Crippen molar-refractivity contribution in [2.45, 2.75) is 32.2 Å². The van der Waals surface area contributed by atoms with Crippen molar-refractivity contribution in [2.75, 3.05) is 5.73 Å². The van der Waals surface area contributed by atoms with E-state index in [1.165, 1.54) is 12.8 Å². The molecule has 1 fully saturated rings. The fraction of sp³-hybridized carbons (Fsp3) is 0.667. The fourth-order valence-corrected chi connectivity index (χ4v) is 1.79. The maximum absolute atomic E-state index is 5.78. The number of aromatic nitrogens is 2. The average Bonchev–Trinajstić information content (AvgIpc) is 2.80. The second-order valence-corrected chi connectivity index (χ2v) is 3.51. The molecule has 1 atom stereocenters. The lowest BCUT2D eigenvalue weighted by Crippen LogP contribution is -2.14. The third-order valence-corrected chi connectivity index (χ3v) is 2.60. The molecule has 1 aromatic rings. The van der Waals surface area contributed by atoms with E-state index >= 15 is 0 Å². The Hall–Kier alpha value is -0.990. The highest BCUT2D eigenvalue weighted by Crippen LogP contribution is 2.41. The quantitative estimate of drug-likeness (QED) is 0.742. The van der Waals surface area contributed by atoms with Crippen molar-refractivity contribution >= 4 is 5.82 Å². The van der Waals surface area contributed by atoms with Crippen LogP contribution in [-0.4, -0.2) is 9.78 Å². The zero-order valence-electron chi connectivity index (χ0n) is 7.40. The summed E-state index contributed by atoms with van der Waals surface area (Å²) in [5, 5.41) is 4.24. The minimum atomic E-state index is 0.542. The summed E-state index contributed by atoms with van der Waals surface area (Å²) in [4.78, 5) is 0. The minimum Gasteiger partial charge on any atom is -0.384 e. The highest BCUT2D eigenvalue weighted by atomic mass is 15.3. The van der Waals surface area contributed by atoms with Gasteiger partial charge < -0.3 is 5.73 Å². The highest BCUT2D eigenvalue weighted by molar-refractivity contribution is 5.27. The van der Waals surface area contributed by atoms with Crippen molar-refractivity contribution < 1.29 is 0 Å². The zero-order chi connectivity index (χ0) is 8.55. The van der Waals surface area contributed by atoms with Crippen molar-refractivity contribution in [3.05, 3.63) is 12.3 Å². The second-order valence-electron chi connectivity index (χ2n) is 3.51. The van der Waals surface area contributed by atoms with E-state index in [9.17, 15) is 0 Å². The van der Waals surface area contributed by atoms with Crippen LogP contribution in [0.25, 0.3) is 0 Å². The number of rotatable bonds is 3. The van der Waals surface area contributed by atoms with E-state index in [1.54, 1.807) is 6.20 Å². The molecule has 0 radical (unpaired) electrons. The minimum absolute atomic E-state index is 0.542. The summed E-state index contributed by atoms with van der Waals surface area (Å²) in [6.07, 6.45) is 5.60. The molecule has 3 heteroatoms. The van der Waals surface area contributed by atoms with Crippen LogP contribution in [0.5, 0.6) is 0 Å². The summed E-state index contributed by atoms with van der Waals surface area (Å²) in [6.45, 7) is 2.20. The van der Waals surface area contributed by atoms with Crippen molar-refractivity contribution in [2.24, 2.45) is 5.92 Å². The molecule has 0 spiro atoms. The van der Waals surface area contributed by atoms with E-state index in [-0.39, 0.29) is 0 Å². The van der Waals surface area contributed by atoms with Gasteiger partial charge in [-0.05, 0) is 31.2 Å². The fourth-order valence-electron chi connectivity index (χ4n) is 1.79. The summed E-state index contributed by atoms with van der Waals surface area (Å²) < 4.78 is 1.97. The molecule has 1 heterocycles. The summed E-state index contributed by atoms with van der Waals surface area (Å²) in [5.41, 5.74) is 5.78. The van der Waals surface area contributed by atoms with Crippen molar-refractivity contribution in [3.8, 4) is 0 Å². The van der Waals surface area contributed by atoms with E-state index in [1.807, 2.05) is 10.7 Å². The Morgan fingerprint density at radius 1 is 1.75 bits per heavy atom. The van der Waals surface area contributed by atoms with Crippen LogP contribution in [0.2, 0.25) is 0 Å². The SMILES string of the molecule is CCC(C1CC1)n1nccc1N. The Bertz CT molecular complexity index is 262. The number of nitrogens with two attached hydrogens (primary N) is 1. The van der Waals surface area contributed by atoms with Gasteiger partial charge in [0, 0.05) is 0 Å². The van der Waals surface area contributed by atoms with Gasteiger partial charge in [-0.1, -0.05) is 6.92 Å². The third-order valence-electron chi connectivity index (χ3n) is 2.60. The molecule has 66 valence electrons. The van der Waals surface area contributed by atoms with Crippen LogP contribution in [0.1, 0.15) is 32.2 Å². The Morgan fingerprint density at radius 2 is 2.50 bits per heavy atom. The number of nitrogens with zero attached hydrogens (tertiary/aromatic N) is 2. The summed E-state index contributed by atoms with van der Waals surface area (Å²) >= 11 is 0. The molecule has 0 saturated heterocycles. The first kappa shape index (κ1) is 7.65. The number of nitrogen functional groups attached to an aromatic ring is 1. The molecule has 2 rings (SSSR count). The number of anilines is 1. The number of hydrogen-bond acceptors (Lipinski definition) is 2. The smallest absolute Gasteiger partial charge is 0.121 e. The Morgan fingerprint density at radius 3 is 2.92 bits per heavy atom. The van der Waals surface area contributed by atoms with Crippen LogP contribution < -0.4 is 5.73 Å². The van der Waals surface area contributed by atoms with Gasteiger partial charge in [0.1, 0.15) is 5.82 Å². The van der Waals surface area contributed by atoms with E-state index in [0.717, 1.165) is 18.2 Å². The molecule has 1 aliphatic rings. The molecule has 1 aromatic heterocycles. The first-order valence-electron chi connectivity index (χ1n) is 4.62. The van der Waals surface area contributed by atoms with Crippen LogP contribution in [0.4, 0.5) is 5.82 Å². The molecule has 12 heavy (non-hydrogen) atoms. The standard InChI is InChI=1S/C9H15N3/c1-2-8(7-3-4-7)12-9(10)5-6-11-12/h5-8H,2-4,10H2,1H3. The van der Waals surface area contributed by atoms with E-state index in [4.69, 9.17) is 5.73 Å². The normalized spacial score (nSPS) is 19.4. The van der Waals surface area contributed by atoms with Crippen LogP contribution >= 0.6 is 0 Å². The molecule has 1 unspecified atom stereocenters. The molecule has 1 aliphatic carbocycles. The van der Waals surface area contributed by atoms with E-state index in [0.29, 0.717) is 6.04 Å². The van der Waals surface area contributed by atoms with Crippen LogP contribution in [0, 0.1) is 5.92 Å². The van der Waals surface area contributed by atoms with Crippen LogP contribution in [-0.2, 0) is 0 Å². The van der Waals surface area contributed by atoms with Crippen LogP contribution in [0.3, 0.4) is 0 Å². The van der Waals surface area contributed by atoms with Gasteiger partial charge in [-0.2, -0.15) is 5.10 Å². The lowest BCUT2D eigenvalue weighted by molar-refractivity contribution is 0.399. The van der Waals surface area contributed by atoms with Gasteiger partial charge in [-0.3, -0.25) is 0 Å². The Balaban J connectivity index is 2.20. The third kappa shape index (κ3) is 1.19. The van der Waals surface area contributed by atoms with Gasteiger partial charge in [0.2, 0.25) is 0 Å². The van der Waals surface area contributed by atoms with E-state index < -0.39 is 0 Å². The van der Waals surface area contributed by atoms with Crippen molar-refractivity contribution in [1.82, 2.24) is 9.78 Å². The van der Waals surface area contributed by atoms with Gasteiger partial charge in [-0.15, -0.1) is 0 Å². The van der Waals surface area contributed by atoms with Crippen molar-refractivity contribution in [3.63, 3.8) is 0 Å². The predicted molar refractivity (Wildman–Crippen MR) is 48.7 cm³/mol. The van der Waals surface area contributed by atoms with Gasteiger partial charge in [0.05, 0.1) is 12.2 Å². The highest BCUT2D eigenvalue weighted by Gasteiger charge is 2.32. The maximum atomic E-state index is 5.78. The number of hydrogen-bond donors (Lipinski definition) is 1. The molecule has 0 aromatic carbocycles. The molecule has 0 aliphatic heterocycles. The van der Waals surface area contributed by atoms with Gasteiger partial charge >= 0.3 is 0 Å². The molecular formula is C9H15N3. The summed E-state index contributed by atoms with van der Waals surface area (Å²) in [7, 11) is 0. The maximum Gasteiger partial charge on any atom is 0.121 e.